The van der Waals surface area contributed by atoms with E-state index in [0.29, 0.717) is 17.9 Å². The van der Waals surface area contributed by atoms with Crippen molar-refractivity contribution in [3.63, 3.8) is 0 Å². The number of aromatic nitrogens is 1. The van der Waals surface area contributed by atoms with Crippen LogP contribution in [-0.4, -0.2) is 49.2 Å². The van der Waals surface area contributed by atoms with Crippen LogP contribution in [0.1, 0.15) is 27.4 Å². The zero-order valence-corrected chi connectivity index (χ0v) is 18.2. The third kappa shape index (κ3) is 5.06. The number of nitrogens with zero attached hydrogens (tertiary/aromatic N) is 3. The van der Waals surface area contributed by atoms with Crippen LogP contribution < -0.4 is 15.0 Å². The van der Waals surface area contributed by atoms with E-state index in [-0.39, 0.29) is 5.91 Å². The van der Waals surface area contributed by atoms with Gasteiger partial charge in [-0.25, -0.2) is 0 Å². The van der Waals surface area contributed by atoms with Crippen LogP contribution in [0.25, 0.3) is 0 Å². The van der Waals surface area contributed by atoms with Gasteiger partial charge in [-0.3, -0.25) is 4.79 Å². The number of carbonyl (C=O) groups is 1. The summed E-state index contributed by atoms with van der Waals surface area (Å²) in [6, 6.07) is 15.1. The molecule has 0 unspecified atom stereocenters. The lowest BCUT2D eigenvalue weighted by molar-refractivity contribution is 0.102. The van der Waals surface area contributed by atoms with Crippen LogP contribution >= 0.6 is 0 Å². The lowest BCUT2D eigenvalue weighted by atomic mass is 10.2. The molecular formula is C24H28N4O3. The van der Waals surface area contributed by atoms with Crippen LogP contribution in [0.15, 0.2) is 53.1 Å². The predicted octanol–water partition coefficient (Wildman–Crippen LogP) is 3.87. The summed E-state index contributed by atoms with van der Waals surface area (Å²) >= 11 is 0. The fourth-order valence-electron chi connectivity index (χ4n) is 3.59. The molecule has 162 valence electrons. The Morgan fingerprint density at radius 1 is 1.03 bits per heavy atom. The molecule has 0 spiro atoms. The topological polar surface area (TPSA) is 70.8 Å². The Kier molecular flexibility index (Phi) is 6.23. The van der Waals surface area contributed by atoms with Crippen LogP contribution in [0, 0.1) is 13.8 Å². The van der Waals surface area contributed by atoms with Gasteiger partial charge in [0.15, 0.2) is 0 Å². The van der Waals surface area contributed by atoms with E-state index in [2.05, 4.69) is 39.5 Å². The Morgan fingerprint density at radius 2 is 1.71 bits per heavy atom. The highest BCUT2D eigenvalue weighted by atomic mass is 16.5. The molecule has 7 heteroatoms. The van der Waals surface area contributed by atoms with Crippen molar-refractivity contribution in [3.8, 4) is 5.75 Å². The standard InChI is InChI=1S/C24H28N4O3/c1-17-23(18(2)31-26-17)16-30-22-10-4-19(5-11-22)24(29)25-20-6-8-21(9-7-20)28-14-12-27(3)13-15-28/h4-11H,12-16H2,1-3H3,(H,25,29). The summed E-state index contributed by atoms with van der Waals surface area (Å²) < 4.78 is 11.0. The number of hydrogen-bond donors (Lipinski definition) is 1. The zero-order valence-electron chi connectivity index (χ0n) is 18.2. The summed E-state index contributed by atoms with van der Waals surface area (Å²) in [4.78, 5) is 17.3. The molecule has 0 aliphatic carbocycles. The van der Waals surface area contributed by atoms with Crippen molar-refractivity contribution < 1.29 is 14.1 Å². The van der Waals surface area contributed by atoms with Gasteiger partial charge in [-0.15, -0.1) is 0 Å². The SMILES string of the molecule is Cc1noc(C)c1COc1ccc(C(=O)Nc2ccc(N3CCN(C)CC3)cc2)cc1. The molecule has 0 radical (unpaired) electrons. The number of anilines is 2. The van der Waals surface area contributed by atoms with Crippen LogP contribution in [0.4, 0.5) is 11.4 Å². The van der Waals surface area contributed by atoms with Crippen molar-refractivity contribution in [2.75, 3.05) is 43.4 Å². The molecule has 1 aromatic heterocycles. The minimum absolute atomic E-state index is 0.148. The van der Waals surface area contributed by atoms with E-state index in [1.807, 2.05) is 26.0 Å². The summed E-state index contributed by atoms with van der Waals surface area (Å²) in [7, 11) is 2.15. The van der Waals surface area contributed by atoms with Crippen molar-refractivity contribution in [2.45, 2.75) is 20.5 Å². The average molecular weight is 421 g/mol. The maximum absolute atomic E-state index is 12.6. The molecule has 2 aromatic carbocycles. The van der Waals surface area contributed by atoms with E-state index in [0.717, 1.165) is 48.9 Å². The normalized spacial score (nSPS) is 14.5. The summed E-state index contributed by atoms with van der Waals surface area (Å²) in [5, 5.41) is 6.89. The van der Waals surface area contributed by atoms with E-state index in [9.17, 15) is 4.79 Å². The first-order valence-electron chi connectivity index (χ1n) is 10.5. The number of piperazine rings is 1. The van der Waals surface area contributed by atoms with Gasteiger partial charge in [-0.05, 0) is 69.4 Å². The van der Waals surface area contributed by atoms with Gasteiger partial charge in [0.1, 0.15) is 18.1 Å². The average Bonchev–Trinajstić information content (AvgIpc) is 3.11. The molecule has 4 rings (SSSR count). The zero-order chi connectivity index (χ0) is 21.8. The number of nitrogens with one attached hydrogen (secondary N) is 1. The largest absolute Gasteiger partial charge is 0.489 e. The number of aryl methyl sites for hydroxylation is 2. The first-order chi connectivity index (χ1) is 15.0. The lowest BCUT2D eigenvalue weighted by Crippen LogP contribution is -2.44. The third-order valence-electron chi connectivity index (χ3n) is 5.67. The first-order valence-corrected chi connectivity index (χ1v) is 10.5. The van der Waals surface area contributed by atoms with E-state index < -0.39 is 0 Å². The quantitative estimate of drug-likeness (QED) is 0.653. The monoisotopic (exact) mass is 420 g/mol. The molecule has 7 nitrogen and oxygen atoms in total. The van der Waals surface area contributed by atoms with Crippen LogP contribution in [0.2, 0.25) is 0 Å². The highest BCUT2D eigenvalue weighted by molar-refractivity contribution is 6.04. The number of amides is 1. The van der Waals surface area contributed by atoms with Crippen LogP contribution in [0.3, 0.4) is 0 Å². The molecule has 31 heavy (non-hydrogen) atoms. The Bertz CT molecular complexity index is 1000. The van der Waals surface area contributed by atoms with Gasteiger partial charge in [0.25, 0.3) is 5.91 Å². The second kappa shape index (κ2) is 9.22. The van der Waals surface area contributed by atoms with Gasteiger partial charge in [0, 0.05) is 43.1 Å². The number of rotatable bonds is 6. The maximum atomic E-state index is 12.6. The van der Waals surface area contributed by atoms with Gasteiger partial charge in [-0.1, -0.05) is 5.16 Å². The molecule has 0 atom stereocenters. The molecule has 3 aromatic rings. The summed E-state index contributed by atoms with van der Waals surface area (Å²) in [5.41, 5.74) is 4.31. The van der Waals surface area contributed by atoms with Crippen molar-refractivity contribution in [2.24, 2.45) is 0 Å². The third-order valence-corrected chi connectivity index (χ3v) is 5.67. The molecule has 0 saturated carbocycles. The Balaban J connectivity index is 1.32. The maximum Gasteiger partial charge on any atom is 0.255 e. The van der Waals surface area contributed by atoms with Crippen molar-refractivity contribution in [3.05, 3.63) is 71.1 Å². The van der Waals surface area contributed by atoms with Crippen LogP contribution in [0.5, 0.6) is 5.75 Å². The fourth-order valence-corrected chi connectivity index (χ4v) is 3.59. The second-order valence-corrected chi connectivity index (χ2v) is 7.91. The van der Waals surface area contributed by atoms with Crippen molar-refractivity contribution >= 4 is 17.3 Å². The molecular weight excluding hydrogens is 392 g/mol. The minimum atomic E-state index is -0.148. The number of carbonyl (C=O) groups excluding carboxylic acids is 1. The van der Waals surface area contributed by atoms with E-state index in [4.69, 9.17) is 9.26 Å². The molecule has 1 amide bonds. The predicted molar refractivity (Wildman–Crippen MR) is 121 cm³/mol. The molecule has 1 aliphatic rings. The molecule has 2 heterocycles. The second-order valence-electron chi connectivity index (χ2n) is 7.91. The van der Waals surface area contributed by atoms with Gasteiger partial charge >= 0.3 is 0 Å². The molecule has 1 saturated heterocycles. The highest BCUT2D eigenvalue weighted by Gasteiger charge is 2.14. The summed E-state index contributed by atoms with van der Waals surface area (Å²) in [5.74, 6) is 1.30. The van der Waals surface area contributed by atoms with Gasteiger partial charge in [-0.2, -0.15) is 0 Å². The number of ether oxygens (including phenoxy) is 1. The van der Waals surface area contributed by atoms with E-state index >= 15 is 0 Å². The minimum Gasteiger partial charge on any atom is -0.489 e. The molecule has 0 bridgehead atoms. The number of likely N-dealkylation sites (N-methyl/N-ethyl adjacent to an activating group) is 1. The van der Waals surface area contributed by atoms with Gasteiger partial charge in [0.05, 0.1) is 11.3 Å². The molecule has 1 fully saturated rings. The van der Waals surface area contributed by atoms with Crippen molar-refractivity contribution in [1.82, 2.24) is 10.1 Å². The molecule has 1 N–H and O–H groups in total. The Hall–Kier alpha value is -3.32. The van der Waals surface area contributed by atoms with E-state index in [1.54, 1.807) is 24.3 Å². The first kappa shape index (κ1) is 20.9. The van der Waals surface area contributed by atoms with Gasteiger partial charge in [0.2, 0.25) is 0 Å². The Morgan fingerprint density at radius 3 is 2.32 bits per heavy atom. The van der Waals surface area contributed by atoms with E-state index in [1.165, 1.54) is 5.69 Å². The lowest BCUT2D eigenvalue weighted by Gasteiger charge is -2.34. The van der Waals surface area contributed by atoms with Crippen molar-refractivity contribution in [1.29, 1.82) is 0 Å². The van der Waals surface area contributed by atoms with Crippen LogP contribution in [-0.2, 0) is 6.61 Å². The summed E-state index contributed by atoms with van der Waals surface area (Å²) in [6.45, 7) is 8.31. The number of benzene rings is 2. The van der Waals surface area contributed by atoms with Gasteiger partial charge < -0.3 is 24.4 Å². The molecule has 1 aliphatic heterocycles. The highest BCUT2D eigenvalue weighted by Crippen LogP contribution is 2.21. The Labute approximate surface area is 182 Å². The number of hydrogen-bond acceptors (Lipinski definition) is 6. The smallest absolute Gasteiger partial charge is 0.255 e. The fraction of sp³-hybridized carbons (Fsp3) is 0.333. The summed E-state index contributed by atoms with van der Waals surface area (Å²) in [6.07, 6.45) is 0.